The molecule has 1 saturated carbocycles. The maximum absolute atomic E-state index is 5.88. The van der Waals surface area contributed by atoms with Gasteiger partial charge in [-0.1, -0.05) is 6.92 Å². The van der Waals surface area contributed by atoms with Crippen LogP contribution in [0.1, 0.15) is 26.2 Å². The lowest BCUT2D eigenvalue weighted by Gasteiger charge is -2.34. The van der Waals surface area contributed by atoms with Crippen LogP contribution in [0.4, 0.5) is 0 Å². The number of rotatable bonds is 4. The van der Waals surface area contributed by atoms with Gasteiger partial charge in [0.2, 0.25) is 0 Å². The molecule has 1 heterocycles. The van der Waals surface area contributed by atoms with Gasteiger partial charge in [0.1, 0.15) is 0 Å². The van der Waals surface area contributed by atoms with Gasteiger partial charge in [-0.05, 0) is 38.0 Å². The largest absolute Gasteiger partial charge is 0.329 e. The highest BCUT2D eigenvalue weighted by atomic mass is 32.2. The third-order valence-electron chi connectivity index (χ3n) is 3.79. The normalized spacial score (nSPS) is 35.1. The number of nitrogens with two attached hydrogens (primary N) is 1. The molecule has 2 aliphatic rings. The van der Waals surface area contributed by atoms with Crippen LogP contribution in [-0.2, 0) is 0 Å². The van der Waals surface area contributed by atoms with Crippen molar-refractivity contribution in [1.29, 1.82) is 0 Å². The summed E-state index contributed by atoms with van der Waals surface area (Å²) in [6.07, 6.45) is 4.16. The highest BCUT2D eigenvalue weighted by Crippen LogP contribution is 2.38. The lowest BCUT2D eigenvalue weighted by Crippen LogP contribution is -2.47. The fourth-order valence-electron chi connectivity index (χ4n) is 2.67. The summed E-state index contributed by atoms with van der Waals surface area (Å²) < 4.78 is 0. The molecular weight excluding hydrogens is 192 g/mol. The van der Waals surface area contributed by atoms with Crippen LogP contribution in [-0.4, -0.2) is 41.6 Å². The van der Waals surface area contributed by atoms with Crippen molar-refractivity contribution in [3.63, 3.8) is 0 Å². The fourth-order valence-corrected chi connectivity index (χ4v) is 3.97. The molecule has 0 spiro atoms. The highest BCUT2D eigenvalue weighted by molar-refractivity contribution is 8.00. The third-order valence-corrected chi connectivity index (χ3v) is 5.10. The van der Waals surface area contributed by atoms with Crippen molar-refractivity contribution < 1.29 is 0 Å². The smallest absolute Gasteiger partial charge is 0.0246 e. The Hall–Kier alpha value is 0.270. The minimum atomic E-state index is 0.654. The molecule has 1 aliphatic carbocycles. The molecule has 1 saturated heterocycles. The molecule has 2 rings (SSSR count). The number of hydrogen-bond acceptors (Lipinski definition) is 3. The van der Waals surface area contributed by atoms with Gasteiger partial charge in [-0.2, -0.15) is 11.8 Å². The second-order valence-electron chi connectivity index (χ2n) is 4.74. The van der Waals surface area contributed by atoms with Crippen LogP contribution in [0.2, 0.25) is 0 Å². The number of likely N-dealkylation sites (N-methyl/N-ethyl adjacent to an activating group) is 1. The highest BCUT2D eigenvalue weighted by Gasteiger charge is 2.38. The van der Waals surface area contributed by atoms with Crippen molar-refractivity contribution >= 4 is 11.8 Å². The predicted molar refractivity (Wildman–Crippen MR) is 63.7 cm³/mol. The van der Waals surface area contributed by atoms with Crippen LogP contribution < -0.4 is 5.73 Å². The van der Waals surface area contributed by atoms with E-state index in [1.54, 1.807) is 0 Å². The van der Waals surface area contributed by atoms with Crippen molar-refractivity contribution in [2.45, 2.75) is 43.5 Å². The zero-order valence-electron chi connectivity index (χ0n) is 9.28. The molecular formula is C11H22N2S. The predicted octanol–water partition coefficient (Wildman–Crippen LogP) is 1.55. The average molecular weight is 214 g/mol. The SMILES string of the molecule is CC1SCCC1N(C)C(CN)C1CC1. The lowest BCUT2D eigenvalue weighted by molar-refractivity contribution is 0.159. The summed E-state index contributed by atoms with van der Waals surface area (Å²) in [5.74, 6) is 2.24. The molecule has 14 heavy (non-hydrogen) atoms. The van der Waals surface area contributed by atoms with Gasteiger partial charge in [0.05, 0.1) is 0 Å². The topological polar surface area (TPSA) is 29.3 Å². The molecule has 1 aliphatic heterocycles. The van der Waals surface area contributed by atoms with Crippen LogP contribution in [0.15, 0.2) is 0 Å². The van der Waals surface area contributed by atoms with Gasteiger partial charge in [-0.25, -0.2) is 0 Å². The van der Waals surface area contributed by atoms with E-state index in [2.05, 4.69) is 30.6 Å². The summed E-state index contributed by atoms with van der Waals surface area (Å²) in [4.78, 5) is 2.57. The first kappa shape index (κ1) is 10.8. The number of thioether (sulfide) groups is 1. The van der Waals surface area contributed by atoms with Gasteiger partial charge in [-0.15, -0.1) is 0 Å². The summed E-state index contributed by atoms with van der Waals surface area (Å²) in [5, 5.41) is 0.799. The molecule has 2 N–H and O–H groups in total. The van der Waals surface area contributed by atoms with E-state index in [4.69, 9.17) is 5.73 Å². The first-order valence-corrected chi connectivity index (χ1v) is 6.82. The van der Waals surface area contributed by atoms with Crippen molar-refractivity contribution in [1.82, 2.24) is 4.90 Å². The summed E-state index contributed by atoms with van der Waals surface area (Å²) in [6.45, 7) is 3.20. The maximum atomic E-state index is 5.88. The second kappa shape index (κ2) is 4.42. The molecule has 0 bridgehead atoms. The monoisotopic (exact) mass is 214 g/mol. The van der Waals surface area contributed by atoms with Gasteiger partial charge in [-0.3, -0.25) is 4.90 Å². The lowest BCUT2D eigenvalue weighted by atomic mass is 10.1. The summed E-state index contributed by atoms with van der Waals surface area (Å²) in [5.41, 5.74) is 5.88. The maximum Gasteiger partial charge on any atom is 0.0246 e. The van der Waals surface area contributed by atoms with Crippen LogP contribution in [0.3, 0.4) is 0 Å². The summed E-state index contributed by atoms with van der Waals surface area (Å²) >= 11 is 2.11. The third kappa shape index (κ3) is 2.10. The number of nitrogens with zero attached hydrogens (tertiary/aromatic N) is 1. The molecule has 82 valence electrons. The van der Waals surface area contributed by atoms with Crippen molar-refractivity contribution in [2.24, 2.45) is 11.7 Å². The molecule has 0 radical (unpaired) electrons. The molecule has 2 nitrogen and oxygen atoms in total. The number of hydrogen-bond donors (Lipinski definition) is 1. The van der Waals surface area contributed by atoms with Crippen LogP contribution in [0.25, 0.3) is 0 Å². The van der Waals surface area contributed by atoms with E-state index in [-0.39, 0.29) is 0 Å². The Balaban J connectivity index is 1.94. The fraction of sp³-hybridized carbons (Fsp3) is 1.00. The van der Waals surface area contributed by atoms with Gasteiger partial charge in [0.25, 0.3) is 0 Å². The van der Waals surface area contributed by atoms with E-state index < -0.39 is 0 Å². The molecule has 0 aromatic carbocycles. The minimum absolute atomic E-state index is 0.654. The molecule has 3 atom stereocenters. The Morgan fingerprint density at radius 2 is 2.14 bits per heavy atom. The van der Waals surface area contributed by atoms with Gasteiger partial charge in [0.15, 0.2) is 0 Å². The standard InChI is InChI=1S/C11H22N2S/c1-8-10(5-6-14-8)13(2)11(7-12)9-3-4-9/h8-11H,3-7,12H2,1-2H3. The van der Waals surface area contributed by atoms with Crippen molar-refractivity contribution in [3.05, 3.63) is 0 Å². The minimum Gasteiger partial charge on any atom is -0.329 e. The Labute approximate surface area is 91.6 Å². The molecule has 0 aromatic heterocycles. The van der Waals surface area contributed by atoms with Crippen LogP contribution in [0, 0.1) is 5.92 Å². The second-order valence-corrected chi connectivity index (χ2v) is 6.22. The Morgan fingerprint density at radius 3 is 2.57 bits per heavy atom. The summed E-state index contributed by atoms with van der Waals surface area (Å²) in [6, 6.07) is 1.43. The van der Waals surface area contributed by atoms with Crippen LogP contribution in [0.5, 0.6) is 0 Å². The molecule has 0 amide bonds. The van der Waals surface area contributed by atoms with E-state index in [1.807, 2.05) is 0 Å². The average Bonchev–Trinajstić information content (AvgIpc) is 2.90. The Morgan fingerprint density at radius 1 is 1.43 bits per heavy atom. The Bertz CT molecular complexity index is 192. The summed E-state index contributed by atoms with van der Waals surface area (Å²) in [7, 11) is 2.28. The van der Waals surface area contributed by atoms with Crippen LogP contribution >= 0.6 is 11.8 Å². The first-order valence-electron chi connectivity index (χ1n) is 5.77. The van der Waals surface area contributed by atoms with E-state index in [0.29, 0.717) is 6.04 Å². The Kier molecular flexibility index (Phi) is 3.40. The van der Waals surface area contributed by atoms with Gasteiger partial charge in [0, 0.05) is 23.9 Å². The zero-order chi connectivity index (χ0) is 10.1. The van der Waals surface area contributed by atoms with E-state index in [1.165, 1.54) is 25.0 Å². The van der Waals surface area contributed by atoms with Gasteiger partial charge < -0.3 is 5.73 Å². The molecule has 0 aromatic rings. The zero-order valence-corrected chi connectivity index (χ0v) is 10.1. The van der Waals surface area contributed by atoms with E-state index >= 15 is 0 Å². The van der Waals surface area contributed by atoms with Gasteiger partial charge >= 0.3 is 0 Å². The quantitative estimate of drug-likeness (QED) is 0.770. The van der Waals surface area contributed by atoms with E-state index in [0.717, 1.165) is 23.8 Å². The van der Waals surface area contributed by atoms with Crippen molar-refractivity contribution in [3.8, 4) is 0 Å². The molecule has 3 unspecified atom stereocenters. The molecule has 3 heteroatoms. The van der Waals surface area contributed by atoms with E-state index in [9.17, 15) is 0 Å². The first-order chi connectivity index (χ1) is 6.74. The molecule has 2 fully saturated rings. The van der Waals surface area contributed by atoms with Crippen molar-refractivity contribution in [2.75, 3.05) is 19.3 Å².